The molecule has 0 radical (unpaired) electrons. The Morgan fingerprint density at radius 3 is 1.88 bits per heavy atom. The molecule has 3 aromatic carbocycles. The van der Waals surface area contributed by atoms with E-state index in [-0.39, 0.29) is 45.4 Å². The molecule has 0 atom stereocenters. The van der Waals surface area contributed by atoms with Crippen molar-refractivity contribution in [2.45, 2.75) is 0 Å². The molecule has 0 aliphatic rings. The van der Waals surface area contributed by atoms with Crippen molar-refractivity contribution in [2.75, 3.05) is 21.3 Å². The van der Waals surface area contributed by atoms with Crippen LogP contribution in [0.2, 0.25) is 0 Å². The first-order valence-electron chi connectivity index (χ1n) is 11.9. The zero-order chi connectivity index (χ0) is 31.0. The van der Waals surface area contributed by atoms with Crippen LogP contribution in [0, 0.1) is 0 Å². The summed E-state index contributed by atoms with van der Waals surface area (Å²) < 4.78 is 21.1. The quantitative estimate of drug-likeness (QED) is 0.116. The highest BCUT2D eigenvalue weighted by molar-refractivity contribution is 6.21. The molecule has 0 fully saturated rings. The van der Waals surface area contributed by atoms with Crippen LogP contribution in [0.1, 0.15) is 22.3 Å². The number of ether oxygens (including phenoxy) is 4. The zero-order valence-electron chi connectivity index (χ0n) is 22.5. The number of carbonyl (C=O) groups is 3. The topological polar surface area (TPSA) is 189 Å². The van der Waals surface area contributed by atoms with Crippen LogP contribution in [0.4, 0.5) is 0 Å². The van der Waals surface area contributed by atoms with Gasteiger partial charge in [0.2, 0.25) is 5.76 Å². The third-order valence-corrected chi connectivity index (χ3v) is 5.69. The van der Waals surface area contributed by atoms with Crippen LogP contribution in [0.15, 0.2) is 60.4 Å². The lowest BCUT2D eigenvalue weighted by Gasteiger charge is -2.14. The molecule has 3 rings (SSSR count). The fourth-order valence-corrected chi connectivity index (χ4v) is 3.72. The molecule has 0 bridgehead atoms. The molecule has 0 saturated carbocycles. The summed E-state index contributed by atoms with van der Waals surface area (Å²) in [6.45, 7) is 0. The number of hydrogen-bond donors (Lipinski definition) is 5. The fraction of sp³-hybridized carbons (Fsp3) is 0.100. The summed E-state index contributed by atoms with van der Waals surface area (Å²) in [5.41, 5.74) is 0.307. The SMILES string of the molecule is COc1cc(/C=C(/C(=O)O)c2cc(/C=C(\Oc3ccc(/C=C/C(=O)O)cc3OC)C(=O)O)cc(OC)c2O)ccc1O. The lowest BCUT2D eigenvalue weighted by atomic mass is 9.98. The van der Waals surface area contributed by atoms with Crippen molar-refractivity contribution in [3.05, 3.63) is 82.6 Å². The maximum Gasteiger partial charge on any atom is 0.371 e. The van der Waals surface area contributed by atoms with Crippen LogP contribution in [0.25, 0.3) is 23.8 Å². The van der Waals surface area contributed by atoms with Gasteiger partial charge in [-0.3, -0.25) is 0 Å². The van der Waals surface area contributed by atoms with Gasteiger partial charge >= 0.3 is 17.9 Å². The maximum absolute atomic E-state index is 12.3. The number of phenolic OH excluding ortho intramolecular Hbond substituents is 2. The molecule has 0 aromatic heterocycles. The van der Waals surface area contributed by atoms with E-state index >= 15 is 0 Å². The molecule has 42 heavy (non-hydrogen) atoms. The lowest BCUT2D eigenvalue weighted by molar-refractivity contribution is -0.135. The van der Waals surface area contributed by atoms with Gasteiger partial charge in [-0.15, -0.1) is 0 Å². The van der Waals surface area contributed by atoms with Crippen molar-refractivity contribution < 1.29 is 58.9 Å². The van der Waals surface area contributed by atoms with Gasteiger partial charge in [0.15, 0.2) is 34.5 Å². The van der Waals surface area contributed by atoms with Crippen molar-refractivity contribution in [3.8, 4) is 34.5 Å². The second-order valence-corrected chi connectivity index (χ2v) is 8.41. The van der Waals surface area contributed by atoms with Crippen LogP contribution in [0.5, 0.6) is 34.5 Å². The molecule has 3 aromatic rings. The fourth-order valence-electron chi connectivity index (χ4n) is 3.72. The molecule has 0 aliphatic carbocycles. The highest BCUT2D eigenvalue weighted by atomic mass is 16.5. The van der Waals surface area contributed by atoms with E-state index in [9.17, 15) is 34.8 Å². The van der Waals surface area contributed by atoms with Crippen LogP contribution >= 0.6 is 0 Å². The van der Waals surface area contributed by atoms with Crippen LogP contribution in [0.3, 0.4) is 0 Å². The maximum atomic E-state index is 12.3. The van der Waals surface area contributed by atoms with Gasteiger partial charge in [-0.2, -0.15) is 0 Å². The van der Waals surface area contributed by atoms with E-state index in [0.717, 1.165) is 12.2 Å². The van der Waals surface area contributed by atoms with Gasteiger partial charge in [-0.05, 0) is 71.3 Å². The van der Waals surface area contributed by atoms with Gasteiger partial charge in [0.1, 0.15) is 0 Å². The van der Waals surface area contributed by atoms with Gasteiger partial charge in [0, 0.05) is 11.6 Å². The molecule has 12 heteroatoms. The molecule has 0 unspecified atom stereocenters. The van der Waals surface area contributed by atoms with E-state index in [1.54, 1.807) is 0 Å². The molecule has 5 N–H and O–H groups in total. The zero-order valence-corrected chi connectivity index (χ0v) is 22.5. The largest absolute Gasteiger partial charge is 0.504 e. The van der Waals surface area contributed by atoms with Gasteiger partial charge in [0.05, 0.1) is 26.9 Å². The summed E-state index contributed by atoms with van der Waals surface area (Å²) in [6, 6.07) is 11.0. The van der Waals surface area contributed by atoms with E-state index in [1.165, 1.54) is 82.0 Å². The Labute approximate surface area is 239 Å². The van der Waals surface area contributed by atoms with Crippen LogP contribution in [-0.4, -0.2) is 64.8 Å². The Balaban J connectivity index is 2.11. The number of hydrogen-bond acceptors (Lipinski definition) is 9. The first kappa shape index (κ1) is 30.6. The van der Waals surface area contributed by atoms with E-state index in [0.29, 0.717) is 11.1 Å². The second-order valence-electron chi connectivity index (χ2n) is 8.41. The van der Waals surface area contributed by atoms with E-state index in [2.05, 4.69) is 0 Å². The normalized spacial score (nSPS) is 11.7. The Bertz CT molecular complexity index is 1610. The molecule has 0 amide bonds. The molecule has 0 heterocycles. The standard InChI is InChI=1S/C30H26O12/c1-39-23-13-17(4-7-21(23)31)10-20(29(35)36)19-11-18(14-25(41-3)28(19)34)15-26(30(37)38)42-22-8-5-16(6-9-27(32)33)12-24(22)40-2/h4-15,31,34H,1-3H3,(H,32,33)(H,35,36)(H,37,38)/b9-6+,20-10+,26-15-. The third kappa shape index (κ3) is 7.39. The predicted molar refractivity (Wildman–Crippen MR) is 151 cm³/mol. The van der Waals surface area contributed by atoms with Gasteiger partial charge < -0.3 is 44.5 Å². The summed E-state index contributed by atoms with van der Waals surface area (Å²) in [6.07, 6.45) is 4.56. The van der Waals surface area contributed by atoms with Crippen LogP contribution < -0.4 is 18.9 Å². The summed E-state index contributed by atoms with van der Waals surface area (Å²) in [4.78, 5) is 35.2. The molecule has 218 valence electrons. The number of carboxylic acids is 3. The summed E-state index contributed by atoms with van der Waals surface area (Å²) in [7, 11) is 3.88. The van der Waals surface area contributed by atoms with Crippen molar-refractivity contribution in [1.29, 1.82) is 0 Å². The third-order valence-electron chi connectivity index (χ3n) is 5.69. The van der Waals surface area contributed by atoms with Crippen molar-refractivity contribution in [2.24, 2.45) is 0 Å². The Kier molecular flexibility index (Phi) is 9.80. The van der Waals surface area contributed by atoms with Crippen molar-refractivity contribution in [3.63, 3.8) is 0 Å². The molecular formula is C30H26O12. The number of aromatic hydroxyl groups is 2. The molecule has 12 nitrogen and oxygen atoms in total. The Morgan fingerprint density at radius 1 is 0.667 bits per heavy atom. The summed E-state index contributed by atoms with van der Waals surface area (Å²) in [5.74, 6) is -5.27. The average Bonchev–Trinajstić information content (AvgIpc) is 2.96. The minimum absolute atomic E-state index is 0.00279. The minimum Gasteiger partial charge on any atom is -0.504 e. The number of phenols is 2. The van der Waals surface area contributed by atoms with Crippen molar-refractivity contribution in [1.82, 2.24) is 0 Å². The van der Waals surface area contributed by atoms with Crippen LogP contribution in [-0.2, 0) is 14.4 Å². The van der Waals surface area contributed by atoms with E-state index in [4.69, 9.17) is 24.1 Å². The Morgan fingerprint density at radius 2 is 1.29 bits per heavy atom. The summed E-state index contributed by atoms with van der Waals surface area (Å²) in [5, 5.41) is 49.3. The molecule has 0 aliphatic heterocycles. The average molecular weight is 579 g/mol. The highest BCUT2D eigenvalue weighted by Crippen LogP contribution is 2.38. The monoisotopic (exact) mass is 578 g/mol. The van der Waals surface area contributed by atoms with Gasteiger partial charge in [-0.25, -0.2) is 14.4 Å². The van der Waals surface area contributed by atoms with E-state index < -0.39 is 29.4 Å². The van der Waals surface area contributed by atoms with Crippen molar-refractivity contribution >= 4 is 41.7 Å². The van der Waals surface area contributed by atoms with Gasteiger partial charge in [0.25, 0.3) is 0 Å². The highest BCUT2D eigenvalue weighted by Gasteiger charge is 2.21. The molecular weight excluding hydrogens is 552 g/mol. The number of benzene rings is 3. The number of carboxylic acid groups (broad SMARTS) is 3. The minimum atomic E-state index is -1.48. The first-order chi connectivity index (χ1) is 20.0. The smallest absolute Gasteiger partial charge is 0.371 e. The second kappa shape index (κ2) is 13.4. The first-order valence-corrected chi connectivity index (χ1v) is 11.9. The van der Waals surface area contributed by atoms with Gasteiger partial charge in [-0.1, -0.05) is 12.1 Å². The number of aliphatic carboxylic acids is 3. The lowest BCUT2D eigenvalue weighted by Crippen LogP contribution is -2.08. The number of methoxy groups -OCH3 is 3. The predicted octanol–water partition coefficient (Wildman–Crippen LogP) is 4.35. The molecule has 0 spiro atoms. The molecule has 0 saturated heterocycles. The number of rotatable bonds is 12. The summed E-state index contributed by atoms with van der Waals surface area (Å²) >= 11 is 0. The Hall–Kier alpha value is -5.91. The van der Waals surface area contributed by atoms with E-state index in [1.807, 2.05) is 0 Å².